The Morgan fingerprint density at radius 3 is 2.89 bits per heavy atom. The van der Waals surface area contributed by atoms with Crippen LogP contribution >= 0.6 is 11.8 Å². The van der Waals surface area contributed by atoms with Crippen LogP contribution in [-0.2, 0) is 4.74 Å². The first-order chi connectivity index (χ1) is 8.65. The van der Waals surface area contributed by atoms with Gasteiger partial charge >= 0.3 is 5.97 Å². The van der Waals surface area contributed by atoms with Gasteiger partial charge in [0.1, 0.15) is 0 Å². The van der Waals surface area contributed by atoms with Crippen molar-refractivity contribution >= 4 is 23.4 Å². The Hall–Kier alpha value is -1.20. The molecule has 4 nitrogen and oxygen atoms in total. The molecule has 2 rings (SSSR count). The van der Waals surface area contributed by atoms with Crippen LogP contribution in [0.1, 0.15) is 16.8 Å². The predicted octanol–water partition coefficient (Wildman–Crippen LogP) is 2.33. The van der Waals surface area contributed by atoms with Crippen LogP contribution in [0.4, 0.5) is 5.69 Å². The smallest absolute Gasteiger partial charge is 0.338 e. The van der Waals surface area contributed by atoms with E-state index in [-0.39, 0.29) is 6.04 Å². The van der Waals surface area contributed by atoms with Crippen LogP contribution in [0, 0.1) is 0 Å². The van der Waals surface area contributed by atoms with Gasteiger partial charge in [0.2, 0.25) is 0 Å². The summed E-state index contributed by atoms with van der Waals surface area (Å²) in [6, 6.07) is 5.87. The molecule has 0 aliphatic carbocycles. The second-order valence-corrected chi connectivity index (χ2v) is 5.14. The maximum absolute atomic E-state index is 11.4. The lowest BCUT2D eigenvalue weighted by Crippen LogP contribution is -2.33. The zero-order valence-corrected chi connectivity index (χ0v) is 11.4. The lowest BCUT2D eigenvalue weighted by molar-refractivity contribution is 0.0693. The summed E-state index contributed by atoms with van der Waals surface area (Å²) in [6.07, 6.45) is 2.84. The molecule has 0 aromatic heterocycles. The Bertz CT molecular complexity index is 444. The summed E-state index contributed by atoms with van der Waals surface area (Å²) in [6.45, 7) is 1.42. The van der Waals surface area contributed by atoms with Gasteiger partial charge in [0.25, 0.3) is 0 Å². The second kappa shape index (κ2) is 5.63. The summed E-state index contributed by atoms with van der Waals surface area (Å²) in [5.74, 6) is -0.874. The van der Waals surface area contributed by atoms with Crippen molar-refractivity contribution in [3.05, 3.63) is 23.8 Å². The van der Waals surface area contributed by atoms with Crippen LogP contribution < -0.4 is 4.90 Å². The van der Waals surface area contributed by atoms with Crippen LogP contribution in [0.15, 0.2) is 23.1 Å². The van der Waals surface area contributed by atoms with Gasteiger partial charge in [-0.05, 0) is 24.8 Å². The highest BCUT2D eigenvalue weighted by Gasteiger charge is 2.25. The van der Waals surface area contributed by atoms with Crippen LogP contribution in [0.5, 0.6) is 0 Å². The molecule has 1 aliphatic heterocycles. The number of carbonyl (C=O) groups is 1. The fraction of sp³-hybridized carbons (Fsp3) is 0.462. The van der Waals surface area contributed by atoms with E-state index in [0.717, 1.165) is 23.6 Å². The van der Waals surface area contributed by atoms with Gasteiger partial charge in [-0.2, -0.15) is 0 Å². The molecule has 1 N–H and O–H groups in total. The molecule has 0 amide bonds. The van der Waals surface area contributed by atoms with Crippen molar-refractivity contribution in [2.24, 2.45) is 0 Å². The molecule has 1 aromatic carbocycles. The molecule has 1 saturated heterocycles. The fourth-order valence-electron chi connectivity index (χ4n) is 2.22. The number of hydrogen-bond donors (Lipinski definition) is 1. The van der Waals surface area contributed by atoms with Crippen molar-refractivity contribution in [3.63, 3.8) is 0 Å². The molecule has 1 unspecified atom stereocenters. The molecule has 0 spiro atoms. The van der Waals surface area contributed by atoms with Gasteiger partial charge in [-0.15, -0.1) is 11.8 Å². The van der Waals surface area contributed by atoms with Gasteiger partial charge in [0, 0.05) is 18.6 Å². The quantitative estimate of drug-likeness (QED) is 0.848. The number of anilines is 1. The standard InChI is InChI=1S/C13H17NO3S/c1-14(9-6-7-17-8-9)10-4-3-5-11(18-2)12(10)13(15)16/h3-5,9H,6-8H2,1-2H3,(H,15,16). The minimum absolute atomic E-state index is 0.264. The normalized spacial score (nSPS) is 18.9. The minimum atomic E-state index is -0.874. The van der Waals surface area contributed by atoms with Crippen LogP contribution in [0.2, 0.25) is 0 Å². The van der Waals surface area contributed by atoms with E-state index < -0.39 is 5.97 Å². The number of benzene rings is 1. The second-order valence-electron chi connectivity index (χ2n) is 4.29. The van der Waals surface area contributed by atoms with Gasteiger partial charge in [-0.1, -0.05) is 6.07 Å². The number of carboxylic acids is 1. The first kappa shape index (κ1) is 13.2. The van der Waals surface area contributed by atoms with E-state index in [2.05, 4.69) is 0 Å². The van der Waals surface area contributed by atoms with Crippen LogP contribution in [0.25, 0.3) is 0 Å². The molecule has 0 radical (unpaired) electrons. The first-order valence-electron chi connectivity index (χ1n) is 5.86. The first-order valence-corrected chi connectivity index (χ1v) is 7.08. The zero-order valence-electron chi connectivity index (χ0n) is 10.5. The Morgan fingerprint density at radius 1 is 1.56 bits per heavy atom. The largest absolute Gasteiger partial charge is 0.478 e. The van der Waals surface area contributed by atoms with E-state index in [1.165, 1.54) is 11.8 Å². The van der Waals surface area contributed by atoms with Gasteiger partial charge in [-0.3, -0.25) is 0 Å². The Kier molecular flexibility index (Phi) is 4.14. The molecular formula is C13H17NO3S. The Balaban J connectivity index is 2.39. The van der Waals surface area contributed by atoms with Crippen molar-refractivity contribution in [1.82, 2.24) is 0 Å². The molecule has 98 valence electrons. The number of likely N-dealkylation sites (N-methyl/N-ethyl adjacent to an activating group) is 1. The number of aromatic carboxylic acids is 1. The molecule has 1 aromatic rings. The number of ether oxygens (including phenoxy) is 1. The molecule has 1 atom stereocenters. The summed E-state index contributed by atoms with van der Waals surface area (Å²) < 4.78 is 5.36. The lowest BCUT2D eigenvalue weighted by Gasteiger charge is -2.27. The molecule has 18 heavy (non-hydrogen) atoms. The number of nitrogens with zero attached hydrogens (tertiary/aromatic N) is 1. The van der Waals surface area contributed by atoms with Crippen molar-refractivity contribution in [2.45, 2.75) is 17.4 Å². The SMILES string of the molecule is CSc1cccc(N(C)C2CCOC2)c1C(=O)O. The van der Waals surface area contributed by atoms with Crippen molar-refractivity contribution in [2.75, 3.05) is 31.4 Å². The number of carboxylic acid groups (broad SMARTS) is 1. The third-order valence-corrected chi connectivity index (χ3v) is 4.05. The summed E-state index contributed by atoms with van der Waals surface area (Å²) in [7, 11) is 1.94. The molecule has 1 fully saturated rings. The number of hydrogen-bond acceptors (Lipinski definition) is 4. The van der Waals surface area contributed by atoms with Crippen molar-refractivity contribution < 1.29 is 14.6 Å². The predicted molar refractivity (Wildman–Crippen MR) is 72.8 cm³/mol. The fourth-order valence-corrected chi connectivity index (χ4v) is 2.83. The molecule has 0 bridgehead atoms. The Morgan fingerprint density at radius 2 is 2.33 bits per heavy atom. The molecule has 1 heterocycles. The topological polar surface area (TPSA) is 49.8 Å². The van der Waals surface area contributed by atoms with E-state index in [1.54, 1.807) is 0 Å². The molecule has 1 aliphatic rings. The average Bonchev–Trinajstić information content (AvgIpc) is 2.90. The van der Waals surface area contributed by atoms with Gasteiger partial charge < -0.3 is 14.7 Å². The number of rotatable bonds is 4. The molecular weight excluding hydrogens is 250 g/mol. The zero-order chi connectivity index (χ0) is 13.1. The van der Waals surface area contributed by atoms with Gasteiger partial charge in [-0.25, -0.2) is 4.79 Å². The maximum atomic E-state index is 11.4. The van der Waals surface area contributed by atoms with Gasteiger partial charge in [0.15, 0.2) is 0 Å². The maximum Gasteiger partial charge on any atom is 0.338 e. The third kappa shape index (κ3) is 2.47. The van der Waals surface area contributed by atoms with E-state index in [0.29, 0.717) is 12.2 Å². The summed E-state index contributed by atoms with van der Waals surface area (Å²) in [5, 5.41) is 9.40. The van der Waals surface area contributed by atoms with E-state index in [4.69, 9.17) is 4.74 Å². The number of thioether (sulfide) groups is 1. The monoisotopic (exact) mass is 267 g/mol. The van der Waals surface area contributed by atoms with E-state index in [1.807, 2.05) is 36.4 Å². The highest BCUT2D eigenvalue weighted by Crippen LogP contribution is 2.31. The molecule has 5 heteroatoms. The summed E-state index contributed by atoms with van der Waals surface area (Å²) >= 11 is 1.46. The minimum Gasteiger partial charge on any atom is -0.478 e. The third-order valence-electron chi connectivity index (χ3n) is 3.27. The average molecular weight is 267 g/mol. The molecule has 0 saturated carbocycles. The van der Waals surface area contributed by atoms with Crippen molar-refractivity contribution in [3.8, 4) is 0 Å². The van der Waals surface area contributed by atoms with E-state index in [9.17, 15) is 9.90 Å². The van der Waals surface area contributed by atoms with Gasteiger partial charge in [0.05, 0.1) is 23.9 Å². The lowest BCUT2D eigenvalue weighted by atomic mass is 10.1. The Labute approximate surface area is 111 Å². The summed E-state index contributed by atoms with van der Waals surface area (Å²) in [4.78, 5) is 14.3. The van der Waals surface area contributed by atoms with E-state index >= 15 is 0 Å². The highest BCUT2D eigenvalue weighted by molar-refractivity contribution is 7.98. The highest BCUT2D eigenvalue weighted by atomic mass is 32.2. The van der Waals surface area contributed by atoms with Crippen LogP contribution in [-0.4, -0.2) is 43.6 Å². The summed E-state index contributed by atoms with van der Waals surface area (Å²) in [5.41, 5.74) is 1.16. The van der Waals surface area contributed by atoms with Crippen LogP contribution in [0.3, 0.4) is 0 Å². The van der Waals surface area contributed by atoms with Crippen molar-refractivity contribution in [1.29, 1.82) is 0 Å².